The molecule has 94 valence electrons. The second kappa shape index (κ2) is 7.91. The highest BCUT2D eigenvalue weighted by atomic mass is 16.5. The van der Waals surface area contributed by atoms with Crippen molar-refractivity contribution in [1.29, 1.82) is 0 Å². The number of hydrogen-bond donors (Lipinski definition) is 1. The summed E-state index contributed by atoms with van der Waals surface area (Å²) in [4.78, 5) is 0. The molecule has 0 radical (unpaired) electrons. The number of nitrogens with one attached hydrogen (secondary N) is 1. The van der Waals surface area contributed by atoms with Crippen LogP contribution >= 0.6 is 0 Å². The SMILES string of the molecule is C=CCC(NCCC)c1ccccc1OCC. The van der Waals surface area contributed by atoms with Crippen LogP contribution in [0.25, 0.3) is 0 Å². The highest BCUT2D eigenvalue weighted by Crippen LogP contribution is 2.27. The summed E-state index contributed by atoms with van der Waals surface area (Å²) in [6.07, 6.45) is 4.00. The average Bonchev–Trinajstić information content (AvgIpc) is 2.36. The van der Waals surface area contributed by atoms with E-state index in [2.05, 4.69) is 31.0 Å². The van der Waals surface area contributed by atoms with E-state index < -0.39 is 0 Å². The van der Waals surface area contributed by atoms with E-state index in [4.69, 9.17) is 4.74 Å². The van der Waals surface area contributed by atoms with E-state index in [-0.39, 0.29) is 0 Å². The molecule has 1 unspecified atom stereocenters. The molecule has 0 aliphatic carbocycles. The van der Waals surface area contributed by atoms with Crippen molar-refractivity contribution in [3.63, 3.8) is 0 Å². The molecule has 0 spiro atoms. The Morgan fingerprint density at radius 3 is 2.76 bits per heavy atom. The van der Waals surface area contributed by atoms with Gasteiger partial charge in [0, 0.05) is 11.6 Å². The van der Waals surface area contributed by atoms with Crippen LogP contribution in [0.3, 0.4) is 0 Å². The Bertz CT molecular complexity index is 335. The van der Waals surface area contributed by atoms with Crippen LogP contribution < -0.4 is 10.1 Å². The summed E-state index contributed by atoms with van der Waals surface area (Å²) >= 11 is 0. The molecule has 2 heteroatoms. The van der Waals surface area contributed by atoms with Crippen molar-refractivity contribution < 1.29 is 4.74 Å². The molecule has 1 atom stereocenters. The summed E-state index contributed by atoms with van der Waals surface area (Å²) in [5, 5.41) is 3.53. The van der Waals surface area contributed by atoms with Crippen LogP contribution in [0.5, 0.6) is 5.75 Å². The summed E-state index contributed by atoms with van der Waals surface area (Å²) in [5.41, 5.74) is 1.22. The Kier molecular flexibility index (Phi) is 6.41. The lowest BCUT2D eigenvalue weighted by molar-refractivity contribution is 0.331. The normalized spacial score (nSPS) is 12.1. The Morgan fingerprint density at radius 1 is 1.35 bits per heavy atom. The Hall–Kier alpha value is -1.28. The first-order valence-electron chi connectivity index (χ1n) is 6.39. The van der Waals surface area contributed by atoms with Gasteiger partial charge >= 0.3 is 0 Å². The van der Waals surface area contributed by atoms with Crippen LogP contribution in [0.1, 0.15) is 38.3 Å². The maximum Gasteiger partial charge on any atom is 0.124 e. The predicted octanol–water partition coefficient (Wildman–Crippen LogP) is 3.70. The standard InChI is InChI=1S/C15H23NO/c1-4-9-14(16-12-5-2)13-10-7-8-11-15(13)17-6-3/h4,7-8,10-11,14,16H,1,5-6,9,12H2,2-3H3. The van der Waals surface area contributed by atoms with Gasteiger partial charge in [0.15, 0.2) is 0 Å². The molecule has 0 aliphatic heterocycles. The first-order valence-corrected chi connectivity index (χ1v) is 6.39. The van der Waals surface area contributed by atoms with Crippen molar-refractivity contribution in [3.05, 3.63) is 42.5 Å². The van der Waals surface area contributed by atoms with E-state index in [1.807, 2.05) is 25.1 Å². The number of rotatable bonds is 8. The van der Waals surface area contributed by atoms with Crippen LogP contribution in [0, 0.1) is 0 Å². The van der Waals surface area contributed by atoms with E-state index in [0.29, 0.717) is 12.6 Å². The van der Waals surface area contributed by atoms with Gasteiger partial charge in [-0.2, -0.15) is 0 Å². The number of benzene rings is 1. The minimum Gasteiger partial charge on any atom is -0.494 e. The summed E-state index contributed by atoms with van der Waals surface area (Å²) in [6.45, 7) is 9.73. The van der Waals surface area contributed by atoms with Gasteiger partial charge in [0.05, 0.1) is 6.61 Å². The van der Waals surface area contributed by atoms with Crippen molar-refractivity contribution in [2.24, 2.45) is 0 Å². The number of ether oxygens (including phenoxy) is 1. The fraction of sp³-hybridized carbons (Fsp3) is 0.467. The van der Waals surface area contributed by atoms with Crippen molar-refractivity contribution >= 4 is 0 Å². The monoisotopic (exact) mass is 233 g/mol. The first kappa shape index (κ1) is 13.8. The van der Waals surface area contributed by atoms with Gasteiger partial charge in [0.25, 0.3) is 0 Å². The topological polar surface area (TPSA) is 21.3 Å². The van der Waals surface area contributed by atoms with Crippen LogP contribution in [0.4, 0.5) is 0 Å². The quantitative estimate of drug-likeness (QED) is 0.691. The first-order chi connectivity index (χ1) is 8.33. The third-order valence-electron chi connectivity index (χ3n) is 2.64. The third kappa shape index (κ3) is 4.23. The van der Waals surface area contributed by atoms with Gasteiger partial charge in [0.2, 0.25) is 0 Å². The van der Waals surface area contributed by atoms with Crippen molar-refractivity contribution in [1.82, 2.24) is 5.32 Å². The molecule has 1 N–H and O–H groups in total. The van der Waals surface area contributed by atoms with Gasteiger partial charge in [-0.3, -0.25) is 0 Å². The van der Waals surface area contributed by atoms with Crippen molar-refractivity contribution in [2.75, 3.05) is 13.2 Å². The van der Waals surface area contributed by atoms with Crippen molar-refractivity contribution in [2.45, 2.75) is 32.7 Å². The Balaban J connectivity index is 2.86. The average molecular weight is 233 g/mol. The maximum atomic E-state index is 5.67. The maximum absolute atomic E-state index is 5.67. The molecule has 0 aliphatic rings. The molecular formula is C15H23NO. The van der Waals surface area contributed by atoms with Crippen LogP contribution in [-0.4, -0.2) is 13.2 Å². The second-order valence-corrected chi connectivity index (χ2v) is 4.00. The summed E-state index contributed by atoms with van der Waals surface area (Å²) < 4.78 is 5.67. The van der Waals surface area contributed by atoms with E-state index >= 15 is 0 Å². The third-order valence-corrected chi connectivity index (χ3v) is 2.64. The lowest BCUT2D eigenvalue weighted by atomic mass is 10.0. The van der Waals surface area contributed by atoms with Gasteiger partial charge in [-0.15, -0.1) is 6.58 Å². The van der Waals surface area contributed by atoms with E-state index in [1.54, 1.807) is 0 Å². The molecule has 0 amide bonds. The molecule has 0 heterocycles. The largest absolute Gasteiger partial charge is 0.494 e. The second-order valence-electron chi connectivity index (χ2n) is 4.00. The Labute approximate surface area is 105 Å². The van der Waals surface area contributed by atoms with Crippen LogP contribution in [-0.2, 0) is 0 Å². The van der Waals surface area contributed by atoms with Gasteiger partial charge in [-0.1, -0.05) is 31.2 Å². The summed E-state index contributed by atoms with van der Waals surface area (Å²) in [5.74, 6) is 0.977. The molecule has 2 nitrogen and oxygen atoms in total. The molecular weight excluding hydrogens is 210 g/mol. The van der Waals surface area contributed by atoms with E-state index in [1.165, 1.54) is 5.56 Å². The number of hydrogen-bond acceptors (Lipinski definition) is 2. The zero-order valence-corrected chi connectivity index (χ0v) is 10.9. The minimum absolute atomic E-state index is 0.301. The molecule has 0 aromatic heterocycles. The fourth-order valence-electron chi connectivity index (χ4n) is 1.86. The minimum atomic E-state index is 0.301. The molecule has 1 aromatic carbocycles. The molecule has 1 aromatic rings. The number of para-hydroxylation sites is 1. The lowest BCUT2D eigenvalue weighted by Gasteiger charge is -2.20. The lowest BCUT2D eigenvalue weighted by Crippen LogP contribution is -2.22. The molecule has 17 heavy (non-hydrogen) atoms. The highest BCUT2D eigenvalue weighted by Gasteiger charge is 2.13. The molecule has 0 fully saturated rings. The Morgan fingerprint density at radius 2 is 2.12 bits per heavy atom. The molecule has 0 bridgehead atoms. The highest BCUT2D eigenvalue weighted by molar-refractivity contribution is 5.36. The molecule has 1 rings (SSSR count). The van der Waals surface area contributed by atoms with Gasteiger partial charge < -0.3 is 10.1 Å². The van der Waals surface area contributed by atoms with Crippen LogP contribution in [0.15, 0.2) is 36.9 Å². The fourth-order valence-corrected chi connectivity index (χ4v) is 1.86. The van der Waals surface area contributed by atoms with Gasteiger partial charge in [-0.05, 0) is 32.4 Å². The van der Waals surface area contributed by atoms with Gasteiger partial charge in [-0.25, -0.2) is 0 Å². The van der Waals surface area contributed by atoms with E-state index in [0.717, 1.165) is 25.1 Å². The van der Waals surface area contributed by atoms with Crippen molar-refractivity contribution in [3.8, 4) is 5.75 Å². The zero-order valence-electron chi connectivity index (χ0n) is 10.9. The van der Waals surface area contributed by atoms with Gasteiger partial charge in [0.1, 0.15) is 5.75 Å². The van der Waals surface area contributed by atoms with Crippen LogP contribution in [0.2, 0.25) is 0 Å². The predicted molar refractivity (Wildman–Crippen MR) is 73.5 cm³/mol. The summed E-state index contributed by atoms with van der Waals surface area (Å²) in [7, 11) is 0. The van der Waals surface area contributed by atoms with E-state index in [9.17, 15) is 0 Å². The molecule has 0 saturated carbocycles. The molecule has 0 saturated heterocycles. The summed E-state index contributed by atoms with van der Waals surface area (Å²) in [6, 6.07) is 8.53. The zero-order chi connectivity index (χ0) is 12.5. The smallest absolute Gasteiger partial charge is 0.124 e.